The summed E-state index contributed by atoms with van der Waals surface area (Å²) in [5.74, 6) is -3.69. The number of amides is 3. The Morgan fingerprint density at radius 1 is 0.714 bits per heavy atom. The second-order valence-electron chi connectivity index (χ2n) is 7.71. The van der Waals surface area contributed by atoms with Crippen LogP contribution in [0, 0.1) is 0 Å². The molecule has 3 atom stereocenters. The van der Waals surface area contributed by atoms with E-state index < -0.39 is 48.4 Å². The lowest BCUT2D eigenvalue weighted by Crippen LogP contribution is -2.57. The number of aromatic hydroxyl groups is 2. The van der Waals surface area contributed by atoms with Crippen molar-refractivity contribution >= 4 is 23.7 Å². The van der Waals surface area contributed by atoms with Crippen LogP contribution in [0.15, 0.2) is 48.5 Å². The molecule has 3 amide bonds. The average molecular weight is 488 g/mol. The number of hydrogen-bond donors (Lipinski definition) is 8. The summed E-state index contributed by atoms with van der Waals surface area (Å²) >= 11 is 0. The standard InChI is InChI=1S/C23H28N4O8/c24-11-20(31)25-17(9-13-1-5-15(29)6-2-13)21(32)26-18(10-14-3-7-16(30)8-4-14)22(33)27-19(12-28)23(34)35/h1-8,17-19,28-30H,9-12,24H2,(H,25,31)(H,26,32)(H,27,33)(H,34,35). The first-order valence-corrected chi connectivity index (χ1v) is 10.6. The van der Waals surface area contributed by atoms with Crippen molar-refractivity contribution in [2.45, 2.75) is 31.0 Å². The van der Waals surface area contributed by atoms with Crippen LogP contribution < -0.4 is 21.7 Å². The quantitative estimate of drug-likeness (QED) is 0.172. The molecule has 12 nitrogen and oxygen atoms in total. The van der Waals surface area contributed by atoms with E-state index in [1.54, 1.807) is 12.1 Å². The van der Waals surface area contributed by atoms with Crippen molar-refractivity contribution in [1.29, 1.82) is 0 Å². The van der Waals surface area contributed by atoms with Gasteiger partial charge in [0, 0.05) is 12.8 Å². The molecule has 0 fully saturated rings. The molecule has 2 aromatic rings. The number of aliphatic hydroxyl groups is 1. The summed E-state index contributed by atoms with van der Waals surface area (Å²) in [7, 11) is 0. The Morgan fingerprint density at radius 2 is 1.11 bits per heavy atom. The molecule has 2 aromatic carbocycles. The third kappa shape index (κ3) is 8.61. The van der Waals surface area contributed by atoms with Crippen LogP contribution in [0.25, 0.3) is 0 Å². The Labute approximate surface area is 200 Å². The van der Waals surface area contributed by atoms with Crippen LogP contribution in [-0.2, 0) is 32.0 Å². The molecule has 0 radical (unpaired) electrons. The van der Waals surface area contributed by atoms with Crippen LogP contribution in [0.1, 0.15) is 11.1 Å². The van der Waals surface area contributed by atoms with E-state index in [4.69, 9.17) is 10.8 Å². The van der Waals surface area contributed by atoms with Crippen molar-refractivity contribution in [3.63, 3.8) is 0 Å². The van der Waals surface area contributed by atoms with Gasteiger partial charge in [-0.05, 0) is 35.4 Å². The molecule has 0 aliphatic rings. The summed E-state index contributed by atoms with van der Waals surface area (Å²) in [4.78, 5) is 49.1. The molecule has 0 spiro atoms. The summed E-state index contributed by atoms with van der Waals surface area (Å²) in [6.07, 6.45) is -0.0633. The number of carboxylic acid groups (broad SMARTS) is 1. The van der Waals surface area contributed by atoms with E-state index in [1.165, 1.54) is 36.4 Å². The number of carboxylic acids is 1. The third-order valence-corrected chi connectivity index (χ3v) is 5.02. The van der Waals surface area contributed by atoms with Crippen molar-refractivity contribution in [2.24, 2.45) is 5.73 Å². The van der Waals surface area contributed by atoms with Gasteiger partial charge in [0.2, 0.25) is 17.7 Å². The van der Waals surface area contributed by atoms with Gasteiger partial charge >= 0.3 is 5.97 Å². The number of benzene rings is 2. The van der Waals surface area contributed by atoms with Gasteiger partial charge in [-0.25, -0.2) is 4.79 Å². The normalized spacial score (nSPS) is 13.2. The van der Waals surface area contributed by atoms with Gasteiger partial charge in [0.05, 0.1) is 13.2 Å². The van der Waals surface area contributed by atoms with Crippen LogP contribution in [0.3, 0.4) is 0 Å². The highest BCUT2D eigenvalue weighted by atomic mass is 16.4. The van der Waals surface area contributed by atoms with Crippen molar-refractivity contribution in [3.05, 3.63) is 59.7 Å². The average Bonchev–Trinajstić information content (AvgIpc) is 2.83. The topological polar surface area (TPSA) is 211 Å². The second-order valence-corrected chi connectivity index (χ2v) is 7.71. The van der Waals surface area contributed by atoms with E-state index in [9.17, 15) is 34.5 Å². The molecule has 2 rings (SSSR count). The van der Waals surface area contributed by atoms with E-state index in [0.717, 1.165) is 0 Å². The highest BCUT2D eigenvalue weighted by Crippen LogP contribution is 2.13. The maximum atomic E-state index is 13.1. The van der Waals surface area contributed by atoms with Gasteiger partial charge in [-0.1, -0.05) is 24.3 Å². The van der Waals surface area contributed by atoms with E-state index >= 15 is 0 Å². The lowest BCUT2D eigenvalue weighted by Gasteiger charge is -2.24. The molecule has 12 heteroatoms. The molecule has 0 bridgehead atoms. The smallest absolute Gasteiger partial charge is 0.328 e. The summed E-state index contributed by atoms with van der Waals surface area (Å²) in [5, 5.41) is 44.5. The largest absolute Gasteiger partial charge is 0.508 e. The zero-order valence-electron chi connectivity index (χ0n) is 18.7. The Morgan fingerprint density at radius 3 is 1.49 bits per heavy atom. The number of nitrogens with two attached hydrogens (primary N) is 1. The molecular weight excluding hydrogens is 460 g/mol. The monoisotopic (exact) mass is 488 g/mol. The highest BCUT2D eigenvalue weighted by molar-refractivity contribution is 5.94. The summed E-state index contributed by atoms with van der Waals surface area (Å²) in [6.45, 7) is -1.25. The van der Waals surface area contributed by atoms with Crippen LogP contribution in [0.4, 0.5) is 0 Å². The Balaban J connectivity index is 2.27. The maximum absolute atomic E-state index is 13.1. The Bertz CT molecular complexity index is 1030. The fourth-order valence-corrected chi connectivity index (χ4v) is 3.14. The molecule has 0 aliphatic carbocycles. The van der Waals surface area contributed by atoms with E-state index in [2.05, 4.69) is 16.0 Å². The highest BCUT2D eigenvalue weighted by Gasteiger charge is 2.29. The first kappa shape index (κ1) is 27.1. The van der Waals surface area contributed by atoms with Crippen LogP contribution in [0.5, 0.6) is 11.5 Å². The molecule has 3 unspecified atom stereocenters. The molecule has 9 N–H and O–H groups in total. The molecule has 0 aliphatic heterocycles. The van der Waals surface area contributed by atoms with Crippen molar-refractivity contribution in [3.8, 4) is 11.5 Å². The number of nitrogens with one attached hydrogen (secondary N) is 3. The minimum absolute atomic E-state index is 0.0107. The molecule has 0 aromatic heterocycles. The van der Waals surface area contributed by atoms with Gasteiger partial charge in [0.1, 0.15) is 29.6 Å². The Kier molecular flexibility index (Phi) is 9.99. The molecule has 0 saturated carbocycles. The van der Waals surface area contributed by atoms with E-state index in [1.807, 2.05) is 0 Å². The van der Waals surface area contributed by atoms with Gasteiger partial charge in [0.15, 0.2) is 0 Å². The predicted molar refractivity (Wildman–Crippen MR) is 123 cm³/mol. The first-order valence-electron chi connectivity index (χ1n) is 10.6. The zero-order chi connectivity index (χ0) is 26.0. The summed E-state index contributed by atoms with van der Waals surface area (Å²) in [6, 6.07) is 7.74. The van der Waals surface area contributed by atoms with Gasteiger partial charge in [-0.15, -0.1) is 0 Å². The van der Waals surface area contributed by atoms with Gasteiger partial charge in [0.25, 0.3) is 0 Å². The van der Waals surface area contributed by atoms with Crippen LogP contribution in [-0.4, -0.2) is 75.4 Å². The molecule has 0 saturated heterocycles. The number of aliphatic carboxylic acids is 1. The lowest BCUT2D eigenvalue weighted by atomic mass is 10.0. The summed E-state index contributed by atoms with van der Waals surface area (Å²) < 4.78 is 0. The number of carbonyl (C=O) groups is 4. The molecular formula is C23H28N4O8. The fourth-order valence-electron chi connectivity index (χ4n) is 3.14. The van der Waals surface area contributed by atoms with Crippen molar-refractivity contribution in [1.82, 2.24) is 16.0 Å². The number of phenols is 2. The number of phenolic OH excluding ortho intramolecular Hbond substituents is 2. The van der Waals surface area contributed by atoms with Gasteiger partial charge in [-0.2, -0.15) is 0 Å². The number of aliphatic hydroxyl groups excluding tert-OH is 1. The van der Waals surface area contributed by atoms with Gasteiger partial charge in [-0.3, -0.25) is 14.4 Å². The van der Waals surface area contributed by atoms with Crippen LogP contribution in [0.2, 0.25) is 0 Å². The number of carbonyl (C=O) groups excluding carboxylic acids is 3. The summed E-state index contributed by atoms with van der Waals surface area (Å²) in [5.41, 5.74) is 6.50. The molecule has 35 heavy (non-hydrogen) atoms. The van der Waals surface area contributed by atoms with Crippen molar-refractivity contribution < 1.29 is 39.6 Å². The lowest BCUT2D eigenvalue weighted by molar-refractivity contribution is -0.143. The number of hydrogen-bond acceptors (Lipinski definition) is 8. The first-order chi connectivity index (χ1) is 16.6. The SMILES string of the molecule is NCC(=O)NC(Cc1ccc(O)cc1)C(=O)NC(Cc1ccc(O)cc1)C(=O)NC(CO)C(=O)O. The number of rotatable bonds is 12. The zero-order valence-corrected chi connectivity index (χ0v) is 18.7. The second kappa shape index (κ2) is 12.9. The minimum Gasteiger partial charge on any atom is -0.508 e. The van der Waals surface area contributed by atoms with E-state index in [0.29, 0.717) is 11.1 Å². The van der Waals surface area contributed by atoms with Gasteiger partial charge < -0.3 is 42.1 Å². The van der Waals surface area contributed by atoms with Crippen molar-refractivity contribution in [2.75, 3.05) is 13.2 Å². The third-order valence-electron chi connectivity index (χ3n) is 5.02. The maximum Gasteiger partial charge on any atom is 0.328 e. The predicted octanol–water partition coefficient (Wildman–Crippen LogP) is -1.63. The van der Waals surface area contributed by atoms with E-state index in [-0.39, 0.29) is 30.9 Å². The Hall–Kier alpha value is -4.16. The fraction of sp³-hybridized carbons (Fsp3) is 0.304. The minimum atomic E-state index is -1.59. The molecule has 188 valence electrons. The molecule has 0 heterocycles. The van der Waals surface area contributed by atoms with Crippen LogP contribution >= 0.6 is 0 Å².